The molecule has 1 aromatic rings. The fourth-order valence-corrected chi connectivity index (χ4v) is 4.02. The molecule has 0 radical (unpaired) electrons. The Hall–Kier alpha value is -1.97. The molecule has 7 heteroatoms. The van der Waals surface area contributed by atoms with E-state index in [1.165, 1.54) is 12.1 Å². The second kappa shape index (κ2) is 8.15. The molecule has 0 fully saturated rings. The molecular weight excluding hydrogens is 359 g/mol. The highest BCUT2D eigenvalue weighted by Gasteiger charge is 2.55. The van der Waals surface area contributed by atoms with Crippen LogP contribution in [-0.2, 0) is 9.53 Å². The third-order valence-corrected chi connectivity index (χ3v) is 5.53. The van der Waals surface area contributed by atoms with Gasteiger partial charge in [-0.25, -0.2) is 4.39 Å². The van der Waals surface area contributed by atoms with Crippen molar-refractivity contribution in [3.8, 4) is 6.07 Å². The predicted molar refractivity (Wildman–Crippen MR) is 97.0 cm³/mol. The van der Waals surface area contributed by atoms with Crippen molar-refractivity contribution in [3.05, 3.63) is 34.6 Å². The van der Waals surface area contributed by atoms with Crippen molar-refractivity contribution in [3.63, 3.8) is 0 Å². The molecule has 0 spiro atoms. The van der Waals surface area contributed by atoms with Gasteiger partial charge in [0, 0.05) is 30.4 Å². The van der Waals surface area contributed by atoms with Crippen molar-refractivity contribution < 1.29 is 19.0 Å². The van der Waals surface area contributed by atoms with Crippen LogP contribution in [0.25, 0.3) is 0 Å². The van der Waals surface area contributed by atoms with Gasteiger partial charge < -0.3 is 9.84 Å². The van der Waals surface area contributed by atoms with Gasteiger partial charge in [0.1, 0.15) is 5.82 Å². The zero-order chi connectivity index (χ0) is 19.5. The van der Waals surface area contributed by atoms with Gasteiger partial charge >= 0.3 is 5.97 Å². The second-order valence-electron chi connectivity index (χ2n) is 6.76. The highest BCUT2D eigenvalue weighted by atomic mass is 35.5. The zero-order valence-electron chi connectivity index (χ0n) is 15.0. The minimum Gasteiger partial charge on any atom is -0.481 e. The number of hydrogen-bond acceptors (Lipinski definition) is 4. The molecule has 4 unspecified atom stereocenters. The molecule has 0 aromatic heterocycles. The summed E-state index contributed by atoms with van der Waals surface area (Å²) in [7, 11) is 1.58. The Morgan fingerprint density at radius 3 is 2.77 bits per heavy atom. The van der Waals surface area contributed by atoms with E-state index < -0.39 is 35.1 Å². The summed E-state index contributed by atoms with van der Waals surface area (Å²) in [5, 5.41) is 19.9. The van der Waals surface area contributed by atoms with Crippen LogP contribution in [0.2, 0.25) is 5.02 Å². The molecule has 1 aliphatic rings. The smallest absolute Gasteiger partial charge is 0.312 e. The highest BCUT2D eigenvalue weighted by Crippen LogP contribution is 2.51. The molecule has 26 heavy (non-hydrogen) atoms. The third kappa shape index (κ3) is 3.60. The number of methoxy groups -OCH3 is 1. The Morgan fingerprint density at radius 2 is 2.23 bits per heavy atom. The molecule has 1 N–H and O–H groups in total. The van der Waals surface area contributed by atoms with E-state index in [0.29, 0.717) is 30.7 Å². The molecule has 0 amide bonds. The van der Waals surface area contributed by atoms with Crippen LogP contribution in [0.1, 0.15) is 38.2 Å². The normalized spacial score (nSPS) is 28.3. The molecule has 1 aliphatic heterocycles. The first-order valence-corrected chi connectivity index (χ1v) is 8.76. The van der Waals surface area contributed by atoms with Gasteiger partial charge in [0.05, 0.1) is 23.4 Å². The number of rotatable bonds is 6. The minimum atomic E-state index is -1.35. The van der Waals surface area contributed by atoms with Crippen LogP contribution in [-0.4, -0.2) is 36.5 Å². The molecule has 4 atom stereocenters. The van der Waals surface area contributed by atoms with Gasteiger partial charge in [0.15, 0.2) is 0 Å². The first-order valence-electron chi connectivity index (χ1n) is 8.38. The SMILES string of the molecule is COCCCC1N=C(C)C(C#N)C(c2ccc(F)cc2Cl)C1(C)C(=O)O. The van der Waals surface area contributed by atoms with Gasteiger partial charge in [-0.15, -0.1) is 0 Å². The number of halogens is 2. The number of aliphatic imine (C=N–C) groups is 1. The summed E-state index contributed by atoms with van der Waals surface area (Å²) in [6.07, 6.45) is 1.14. The first kappa shape index (κ1) is 20.3. The van der Waals surface area contributed by atoms with E-state index in [4.69, 9.17) is 16.3 Å². The molecule has 2 rings (SSSR count). The van der Waals surface area contributed by atoms with Gasteiger partial charge in [-0.1, -0.05) is 17.7 Å². The summed E-state index contributed by atoms with van der Waals surface area (Å²) in [6, 6.07) is 5.49. The third-order valence-electron chi connectivity index (χ3n) is 5.20. The topological polar surface area (TPSA) is 82.7 Å². The van der Waals surface area contributed by atoms with Gasteiger partial charge in [0.2, 0.25) is 0 Å². The number of hydrogen-bond donors (Lipinski definition) is 1. The standard InChI is InChI=1S/C19H22ClFN2O3/c1-11-14(10-22)17(13-7-6-12(21)9-15(13)20)19(2,18(24)25)16(23-11)5-4-8-26-3/h6-7,9,14,16-17H,4-5,8H2,1-3H3,(H,24,25). The minimum absolute atomic E-state index is 0.119. The van der Waals surface area contributed by atoms with Crippen LogP contribution in [0.15, 0.2) is 23.2 Å². The quantitative estimate of drug-likeness (QED) is 0.754. The molecular formula is C19H22ClFN2O3. The van der Waals surface area contributed by atoms with Crippen LogP contribution in [0.5, 0.6) is 0 Å². The Balaban J connectivity index is 2.62. The Bertz CT molecular complexity index is 762. The molecule has 1 aromatic carbocycles. The van der Waals surface area contributed by atoms with Crippen molar-refractivity contribution >= 4 is 23.3 Å². The van der Waals surface area contributed by atoms with Crippen LogP contribution in [0, 0.1) is 28.5 Å². The lowest BCUT2D eigenvalue weighted by Crippen LogP contribution is -2.51. The van der Waals surface area contributed by atoms with Crippen molar-refractivity contribution in [1.82, 2.24) is 0 Å². The maximum atomic E-state index is 13.5. The fourth-order valence-electron chi connectivity index (χ4n) is 3.74. The Labute approximate surface area is 157 Å². The Morgan fingerprint density at radius 1 is 1.54 bits per heavy atom. The van der Waals surface area contributed by atoms with Gasteiger partial charge in [-0.2, -0.15) is 5.26 Å². The largest absolute Gasteiger partial charge is 0.481 e. The van der Waals surface area contributed by atoms with E-state index >= 15 is 0 Å². The van der Waals surface area contributed by atoms with Crippen LogP contribution in [0.4, 0.5) is 4.39 Å². The summed E-state index contributed by atoms with van der Waals surface area (Å²) in [5.41, 5.74) is -0.329. The van der Waals surface area contributed by atoms with Crippen molar-refractivity contribution in [2.24, 2.45) is 16.3 Å². The van der Waals surface area contributed by atoms with Gasteiger partial charge in [0.25, 0.3) is 0 Å². The van der Waals surface area contributed by atoms with Gasteiger partial charge in [-0.05, 0) is 44.4 Å². The number of aliphatic carboxylic acids is 1. The number of carboxylic acids is 1. The van der Waals surface area contributed by atoms with Crippen LogP contribution in [0.3, 0.4) is 0 Å². The molecule has 5 nitrogen and oxygen atoms in total. The van der Waals surface area contributed by atoms with E-state index in [0.717, 1.165) is 6.07 Å². The van der Waals surface area contributed by atoms with E-state index in [1.54, 1.807) is 21.0 Å². The average molecular weight is 381 g/mol. The second-order valence-corrected chi connectivity index (χ2v) is 7.17. The Kier molecular flexibility index (Phi) is 6.38. The lowest BCUT2D eigenvalue weighted by Gasteiger charge is -2.45. The lowest BCUT2D eigenvalue weighted by atomic mass is 9.60. The number of benzene rings is 1. The molecule has 0 saturated heterocycles. The number of carbonyl (C=O) groups is 1. The first-order chi connectivity index (χ1) is 12.3. The summed E-state index contributed by atoms with van der Waals surface area (Å²) < 4.78 is 18.6. The van der Waals surface area contributed by atoms with E-state index in [-0.39, 0.29) is 5.02 Å². The summed E-state index contributed by atoms with van der Waals surface area (Å²) in [4.78, 5) is 16.9. The summed E-state index contributed by atoms with van der Waals surface area (Å²) in [6.45, 7) is 3.81. The van der Waals surface area contributed by atoms with Crippen molar-refractivity contribution in [1.29, 1.82) is 5.26 Å². The molecule has 0 aliphatic carbocycles. The maximum Gasteiger partial charge on any atom is 0.312 e. The van der Waals surface area contributed by atoms with Crippen molar-refractivity contribution in [2.75, 3.05) is 13.7 Å². The van der Waals surface area contributed by atoms with E-state index in [1.807, 2.05) is 0 Å². The number of carboxylic acid groups (broad SMARTS) is 1. The van der Waals surface area contributed by atoms with Crippen molar-refractivity contribution in [2.45, 2.75) is 38.6 Å². The maximum absolute atomic E-state index is 13.5. The zero-order valence-corrected chi connectivity index (χ0v) is 15.8. The average Bonchev–Trinajstić information content (AvgIpc) is 2.58. The monoisotopic (exact) mass is 380 g/mol. The van der Waals surface area contributed by atoms with Gasteiger partial charge in [-0.3, -0.25) is 9.79 Å². The summed E-state index contributed by atoms with van der Waals surface area (Å²) in [5.74, 6) is -3.05. The van der Waals surface area contributed by atoms with E-state index in [2.05, 4.69) is 11.1 Å². The molecule has 140 valence electrons. The van der Waals surface area contributed by atoms with E-state index in [9.17, 15) is 19.6 Å². The fraction of sp³-hybridized carbons (Fsp3) is 0.526. The number of nitriles is 1. The van der Waals surface area contributed by atoms with Crippen LogP contribution >= 0.6 is 11.6 Å². The number of nitrogens with zero attached hydrogens (tertiary/aromatic N) is 2. The highest BCUT2D eigenvalue weighted by molar-refractivity contribution is 6.31. The summed E-state index contributed by atoms with van der Waals surface area (Å²) >= 11 is 6.24. The molecule has 0 bridgehead atoms. The molecule has 1 heterocycles. The molecule has 0 saturated carbocycles. The lowest BCUT2D eigenvalue weighted by molar-refractivity contribution is -0.151. The number of ether oxygens (including phenoxy) is 1. The predicted octanol–water partition coefficient (Wildman–Crippen LogP) is 4.06. The van der Waals surface area contributed by atoms with Crippen LogP contribution < -0.4 is 0 Å².